The summed E-state index contributed by atoms with van der Waals surface area (Å²) < 4.78 is 13.0. The minimum atomic E-state index is -0.187. The van der Waals surface area contributed by atoms with Crippen LogP contribution in [0.1, 0.15) is 38.3 Å². The third kappa shape index (κ3) is 3.30. The van der Waals surface area contributed by atoms with E-state index in [-0.39, 0.29) is 11.9 Å². The van der Waals surface area contributed by atoms with Crippen LogP contribution in [0.15, 0.2) is 24.3 Å². The summed E-state index contributed by atoms with van der Waals surface area (Å²) >= 11 is 0. The van der Waals surface area contributed by atoms with Crippen LogP contribution < -0.4 is 5.73 Å². The third-order valence-corrected chi connectivity index (χ3v) is 3.71. The van der Waals surface area contributed by atoms with E-state index in [9.17, 15) is 4.39 Å². The Kier molecular flexibility index (Phi) is 4.36. The van der Waals surface area contributed by atoms with Crippen LogP contribution in [-0.2, 0) is 0 Å². The summed E-state index contributed by atoms with van der Waals surface area (Å²) in [6.45, 7) is 6.09. The summed E-state index contributed by atoms with van der Waals surface area (Å²) in [6.07, 6.45) is 2.67. The Morgan fingerprint density at radius 3 is 2.33 bits per heavy atom. The summed E-state index contributed by atoms with van der Waals surface area (Å²) in [6, 6.07) is 7.42. The van der Waals surface area contributed by atoms with E-state index in [0.717, 1.165) is 18.0 Å². The van der Waals surface area contributed by atoms with Crippen LogP contribution in [-0.4, -0.2) is 24.0 Å². The minimum Gasteiger partial charge on any atom is -0.329 e. The predicted octanol–water partition coefficient (Wildman–Crippen LogP) is 2.95. The number of rotatable bonds is 6. The number of nitrogens with zero attached hydrogens (tertiary/aromatic N) is 1. The van der Waals surface area contributed by atoms with Crippen molar-refractivity contribution in [1.82, 2.24) is 4.90 Å². The Morgan fingerprint density at radius 2 is 1.89 bits per heavy atom. The van der Waals surface area contributed by atoms with Gasteiger partial charge in [0.25, 0.3) is 0 Å². The quantitative estimate of drug-likeness (QED) is 0.841. The van der Waals surface area contributed by atoms with Gasteiger partial charge < -0.3 is 5.73 Å². The predicted molar refractivity (Wildman–Crippen MR) is 72.8 cm³/mol. The number of benzene rings is 1. The van der Waals surface area contributed by atoms with Gasteiger partial charge in [-0.2, -0.15) is 0 Å². The first kappa shape index (κ1) is 13.5. The van der Waals surface area contributed by atoms with Crippen LogP contribution in [0.25, 0.3) is 0 Å². The topological polar surface area (TPSA) is 29.3 Å². The minimum absolute atomic E-state index is 0.187. The first-order valence-corrected chi connectivity index (χ1v) is 6.83. The van der Waals surface area contributed by atoms with Crippen molar-refractivity contribution in [3.63, 3.8) is 0 Å². The standard InChI is InChI=1S/C15H23FN2/c1-11(2)18(10-12-3-4-12)15(9-17)13-5-7-14(16)8-6-13/h5-8,11-12,15H,3-4,9-10,17H2,1-2H3. The zero-order valence-corrected chi connectivity index (χ0v) is 11.3. The lowest BCUT2D eigenvalue weighted by atomic mass is 10.0. The second kappa shape index (κ2) is 5.81. The molecule has 100 valence electrons. The fourth-order valence-corrected chi connectivity index (χ4v) is 2.44. The van der Waals surface area contributed by atoms with Crippen molar-refractivity contribution in [3.05, 3.63) is 35.6 Å². The van der Waals surface area contributed by atoms with Crippen molar-refractivity contribution < 1.29 is 4.39 Å². The molecule has 0 spiro atoms. The van der Waals surface area contributed by atoms with E-state index in [2.05, 4.69) is 18.7 Å². The maximum Gasteiger partial charge on any atom is 0.123 e. The van der Waals surface area contributed by atoms with Gasteiger partial charge in [-0.25, -0.2) is 4.39 Å². The van der Waals surface area contributed by atoms with E-state index in [1.54, 1.807) is 0 Å². The summed E-state index contributed by atoms with van der Waals surface area (Å²) in [5.74, 6) is 0.648. The van der Waals surface area contributed by atoms with Crippen LogP contribution >= 0.6 is 0 Å². The second-order valence-electron chi connectivity index (χ2n) is 5.54. The summed E-state index contributed by atoms with van der Waals surface area (Å²) in [5, 5.41) is 0. The molecule has 0 aromatic heterocycles. The molecule has 1 unspecified atom stereocenters. The molecule has 1 aliphatic rings. The molecule has 18 heavy (non-hydrogen) atoms. The van der Waals surface area contributed by atoms with Crippen molar-refractivity contribution in [2.75, 3.05) is 13.1 Å². The molecule has 0 radical (unpaired) electrons. The number of halogens is 1. The molecule has 0 amide bonds. The normalized spacial score (nSPS) is 17.4. The van der Waals surface area contributed by atoms with Crippen molar-refractivity contribution in [3.8, 4) is 0 Å². The van der Waals surface area contributed by atoms with Gasteiger partial charge in [-0.05, 0) is 50.3 Å². The summed E-state index contributed by atoms with van der Waals surface area (Å²) in [7, 11) is 0. The van der Waals surface area contributed by atoms with Gasteiger partial charge in [0.1, 0.15) is 5.82 Å². The highest BCUT2D eigenvalue weighted by atomic mass is 19.1. The first-order chi connectivity index (χ1) is 8.61. The largest absolute Gasteiger partial charge is 0.329 e. The molecule has 1 aromatic carbocycles. The molecule has 1 saturated carbocycles. The van der Waals surface area contributed by atoms with Crippen LogP contribution in [0, 0.1) is 11.7 Å². The Bertz CT molecular complexity index is 371. The van der Waals surface area contributed by atoms with E-state index in [1.807, 2.05) is 12.1 Å². The van der Waals surface area contributed by atoms with Gasteiger partial charge in [0.15, 0.2) is 0 Å². The molecule has 1 atom stereocenters. The van der Waals surface area contributed by atoms with Gasteiger partial charge >= 0.3 is 0 Å². The van der Waals surface area contributed by atoms with Crippen LogP contribution in [0.2, 0.25) is 0 Å². The average Bonchev–Trinajstić information content (AvgIpc) is 3.15. The van der Waals surface area contributed by atoms with Gasteiger partial charge in [0.2, 0.25) is 0 Å². The Hall–Kier alpha value is -0.930. The fourth-order valence-electron chi connectivity index (χ4n) is 2.44. The van der Waals surface area contributed by atoms with Gasteiger partial charge in [0, 0.05) is 25.2 Å². The maximum absolute atomic E-state index is 13.0. The molecule has 0 saturated heterocycles. The molecular weight excluding hydrogens is 227 g/mol. The highest BCUT2D eigenvalue weighted by Gasteiger charge is 2.29. The molecule has 0 bridgehead atoms. The highest BCUT2D eigenvalue weighted by Crippen LogP contribution is 2.33. The molecule has 2 rings (SSSR count). The van der Waals surface area contributed by atoms with Crippen LogP contribution in [0.4, 0.5) is 4.39 Å². The molecule has 1 fully saturated rings. The van der Waals surface area contributed by atoms with E-state index < -0.39 is 0 Å². The number of hydrogen-bond acceptors (Lipinski definition) is 2. The lowest BCUT2D eigenvalue weighted by Crippen LogP contribution is -2.40. The highest BCUT2D eigenvalue weighted by molar-refractivity contribution is 5.20. The van der Waals surface area contributed by atoms with Crippen molar-refractivity contribution in [2.45, 2.75) is 38.8 Å². The monoisotopic (exact) mass is 250 g/mol. The third-order valence-electron chi connectivity index (χ3n) is 3.71. The van der Waals surface area contributed by atoms with Crippen molar-refractivity contribution in [1.29, 1.82) is 0 Å². The molecule has 2 nitrogen and oxygen atoms in total. The van der Waals surface area contributed by atoms with Gasteiger partial charge in [-0.3, -0.25) is 4.90 Å². The molecule has 1 aromatic rings. The van der Waals surface area contributed by atoms with Gasteiger partial charge in [-0.15, -0.1) is 0 Å². The van der Waals surface area contributed by atoms with Gasteiger partial charge in [-0.1, -0.05) is 12.1 Å². The Morgan fingerprint density at radius 1 is 1.28 bits per heavy atom. The smallest absolute Gasteiger partial charge is 0.123 e. The molecular formula is C15H23FN2. The van der Waals surface area contributed by atoms with Crippen molar-refractivity contribution >= 4 is 0 Å². The fraction of sp³-hybridized carbons (Fsp3) is 0.600. The molecule has 3 heteroatoms. The van der Waals surface area contributed by atoms with E-state index in [0.29, 0.717) is 12.6 Å². The molecule has 2 N–H and O–H groups in total. The van der Waals surface area contributed by atoms with E-state index in [1.165, 1.54) is 25.0 Å². The van der Waals surface area contributed by atoms with Crippen molar-refractivity contribution in [2.24, 2.45) is 11.7 Å². The summed E-state index contributed by atoms with van der Waals surface area (Å²) in [4.78, 5) is 2.45. The lowest BCUT2D eigenvalue weighted by Gasteiger charge is -2.34. The zero-order valence-electron chi connectivity index (χ0n) is 11.3. The number of nitrogens with two attached hydrogens (primary N) is 1. The summed E-state index contributed by atoms with van der Waals surface area (Å²) in [5.41, 5.74) is 7.06. The second-order valence-corrected chi connectivity index (χ2v) is 5.54. The Labute approximate surface area is 109 Å². The maximum atomic E-state index is 13.0. The average molecular weight is 250 g/mol. The molecule has 0 aliphatic heterocycles. The Balaban J connectivity index is 2.15. The van der Waals surface area contributed by atoms with Crippen LogP contribution in [0.5, 0.6) is 0 Å². The van der Waals surface area contributed by atoms with E-state index >= 15 is 0 Å². The number of hydrogen-bond donors (Lipinski definition) is 1. The van der Waals surface area contributed by atoms with Gasteiger partial charge in [0.05, 0.1) is 0 Å². The van der Waals surface area contributed by atoms with E-state index in [4.69, 9.17) is 5.73 Å². The molecule has 0 heterocycles. The SMILES string of the molecule is CC(C)N(CC1CC1)C(CN)c1ccc(F)cc1. The zero-order chi connectivity index (χ0) is 13.1. The molecule has 1 aliphatic carbocycles. The lowest BCUT2D eigenvalue weighted by molar-refractivity contribution is 0.149. The van der Waals surface area contributed by atoms with Crippen LogP contribution in [0.3, 0.4) is 0 Å². The first-order valence-electron chi connectivity index (χ1n) is 6.83.